The van der Waals surface area contributed by atoms with Gasteiger partial charge in [0.2, 0.25) is 0 Å². The molecule has 2 aromatic heterocycles. The molecule has 1 aliphatic heterocycles. The first-order valence-corrected chi connectivity index (χ1v) is 17.3. The van der Waals surface area contributed by atoms with Crippen LogP contribution in [0.2, 0.25) is 0 Å². The highest BCUT2D eigenvalue weighted by Crippen LogP contribution is 2.29. The minimum absolute atomic E-state index is 0.00397. The van der Waals surface area contributed by atoms with Gasteiger partial charge < -0.3 is 24.2 Å². The smallest absolute Gasteiger partial charge is 0.387 e. The normalized spacial score (nSPS) is 17.9. The summed E-state index contributed by atoms with van der Waals surface area (Å²) in [5.74, 6) is 1.07. The molecule has 0 atom stereocenters. The minimum atomic E-state index is -2.88. The number of carbonyl (C=O) groups is 2. The van der Waals surface area contributed by atoms with Crippen molar-refractivity contribution in [3.63, 3.8) is 0 Å². The second-order valence-electron chi connectivity index (χ2n) is 14.6. The van der Waals surface area contributed by atoms with Crippen LogP contribution in [0.4, 0.5) is 20.3 Å². The molecule has 0 saturated carbocycles. The van der Waals surface area contributed by atoms with E-state index < -0.39 is 12.2 Å². The van der Waals surface area contributed by atoms with Gasteiger partial charge in [0.15, 0.2) is 11.5 Å². The van der Waals surface area contributed by atoms with E-state index in [1.807, 2.05) is 62.2 Å². The molecule has 12 heteroatoms. The largest absolute Gasteiger partial charge is 0.460 e. The van der Waals surface area contributed by atoms with Crippen molar-refractivity contribution in [2.75, 3.05) is 45.6 Å². The van der Waals surface area contributed by atoms with Crippen LogP contribution < -0.4 is 10.1 Å². The van der Waals surface area contributed by atoms with E-state index in [0.29, 0.717) is 35.9 Å². The SMILES string of the molecule is Cc1cc(Nc2nccn3c(-c4ccc(OC(F)F)cc4)cnc23)ccc1C(=O)N(C)CCC1CC[N+](C)(CCCC(=O)OC(C)(C)C)CC1. The molecule has 0 radical (unpaired) electrons. The highest BCUT2D eigenvalue weighted by Gasteiger charge is 2.30. The van der Waals surface area contributed by atoms with Gasteiger partial charge >= 0.3 is 12.6 Å². The minimum Gasteiger partial charge on any atom is -0.460 e. The zero-order chi connectivity index (χ0) is 36.1. The quantitative estimate of drug-likeness (QED) is 0.115. The molecule has 3 heterocycles. The summed E-state index contributed by atoms with van der Waals surface area (Å²) in [5.41, 5.74) is 3.99. The maximum atomic E-state index is 13.5. The number of likely N-dealkylation sites (tertiary alicyclic amines) is 1. The van der Waals surface area contributed by atoms with Gasteiger partial charge in [0, 0.05) is 49.2 Å². The van der Waals surface area contributed by atoms with Gasteiger partial charge in [-0.15, -0.1) is 0 Å². The number of amides is 1. The fraction of sp³-hybridized carbons (Fsp3) is 0.474. The Morgan fingerprint density at radius 2 is 1.82 bits per heavy atom. The van der Waals surface area contributed by atoms with Crippen LogP contribution in [0.1, 0.15) is 68.8 Å². The third kappa shape index (κ3) is 9.56. The second-order valence-corrected chi connectivity index (χ2v) is 14.6. The molecule has 0 spiro atoms. The Morgan fingerprint density at radius 3 is 2.48 bits per heavy atom. The highest BCUT2D eigenvalue weighted by atomic mass is 19.3. The Balaban J connectivity index is 1.12. The van der Waals surface area contributed by atoms with Crippen LogP contribution in [-0.2, 0) is 9.53 Å². The average molecular weight is 692 g/mol. The van der Waals surface area contributed by atoms with Crippen molar-refractivity contribution in [2.24, 2.45) is 5.92 Å². The van der Waals surface area contributed by atoms with Gasteiger partial charge in [-0.2, -0.15) is 8.78 Å². The molecule has 0 unspecified atom stereocenters. The van der Waals surface area contributed by atoms with Gasteiger partial charge in [0.25, 0.3) is 5.91 Å². The van der Waals surface area contributed by atoms with Crippen LogP contribution in [0.5, 0.6) is 5.75 Å². The van der Waals surface area contributed by atoms with Gasteiger partial charge in [0.05, 0.1) is 45.0 Å². The lowest BCUT2D eigenvalue weighted by Gasteiger charge is -2.41. The Labute approximate surface area is 293 Å². The van der Waals surface area contributed by atoms with Crippen molar-refractivity contribution >= 4 is 29.0 Å². The molecule has 1 N–H and O–H groups in total. The molecule has 10 nitrogen and oxygen atoms in total. The lowest BCUT2D eigenvalue weighted by Crippen LogP contribution is -2.50. The number of rotatable bonds is 13. The predicted octanol–water partition coefficient (Wildman–Crippen LogP) is 7.49. The van der Waals surface area contributed by atoms with E-state index in [9.17, 15) is 18.4 Å². The summed E-state index contributed by atoms with van der Waals surface area (Å²) in [6.07, 6.45) is 9.64. The molecule has 4 aromatic rings. The van der Waals surface area contributed by atoms with E-state index in [-0.39, 0.29) is 17.6 Å². The van der Waals surface area contributed by atoms with E-state index in [4.69, 9.17) is 4.74 Å². The van der Waals surface area contributed by atoms with E-state index in [1.54, 1.807) is 30.7 Å². The van der Waals surface area contributed by atoms with Gasteiger partial charge in [0.1, 0.15) is 11.4 Å². The topological polar surface area (TPSA) is 98.1 Å². The van der Waals surface area contributed by atoms with Crippen molar-refractivity contribution < 1.29 is 32.3 Å². The van der Waals surface area contributed by atoms with E-state index in [0.717, 1.165) is 72.3 Å². The summed E-state index contributed by atoms with van der Waals surface area (Å²) in [4.78, 5) is 36.4. The van der Waals surface area contributed by atoms with E-state index in [2.05, 4.69) is 27.1 Å². The molecule has 1 fully saturated rings. The Morgan fingerprint density at radius 1 is 1.10 bits per heavy atom. The molecule has 2 aromatic carbocycles. The highest BCUT2D eigenvalue weighted by molar-refractivity contribution is 5.96. The molecular weight excluding hydrogens is 642 g/mol. The third-order valence-corrected chi connectivity index (χ3v) is 9.40. The maximum absolute atomic E-state index is 13.5. The van der Waals surface area contributed by atoms with Gasteiger partial charge in [-0.25, -0.2) is 9.97 Å². The summed E-state index contributed by atoms with van der Waals surface area (Å²) in [7, 11) is 4.15. The van der Waals surface area contributed by atoms with Crippen molar-refractivity contribution in [1.29, 1.82) is 0 Å². The van der Waals surface area contributed by atoms with Crippen molar-refractivity contribution in [3.05, 3.63) is 72.2 Å². The molecule has 5 rings (SSSR count). The van der Waals surface area contributed by atoms with Gasteiger partial charge in [-0.1, -0.05) is 0 Å². The summed E-state index contributed by atoms with van der Waals surface area (Å²) < 4.78 is 37.9. The summed E-state index contributed by atoms with van der Waals surface area (Å²) >= 11 is 0. The van der Waals surface area contributed by atoms with Crippen LogP contribution in [0.15, 0.2) is 61.1 Å². The molecule has 0 bridgehead atoms. The number of ether oxygens (including phenoxy) is 2. The second kappa shape index (κ2) is 15.5. The lowest BCUT2D eigenvalue weighted by molar-refractivity contribution is -0.915. The van der Waals surface area contributed by atoms with Crippen LogP contribution >= 0.6 is 0 Å². The molecule has 0 aliphatic carbocycles. The number of nitrogens with one attached hydrogen (secondary N) is 1. The third-order valence-electron chi connectivity index (χ3n) is 9.40. The first-order chi connectivity index (χ1) is 23.7. The number of imidazole rings is 1. The zero-order valence-corrected chi connectivity index (χ0v) is 29.9. The molecule has 1 aliphatic rings. The Bertz CT molecular complexity index is 1780. The standard InChI is InChI=1S/C38H48F2N6O4/c1-26-24-29(43-34-35-42-25-32(45(35)20-18-41-34)28-9-12-30(13-10-28)49-37(39)40)11-14-31(26)36(48)44(5)19-15-27-16-22-46(6,23-17-27)21-7-8-33(47)50-38(2,3)4/h9-14,18,20,24-25,27,37H,7-8,15-17,19,21-23H2,1-6H3/p+1. The van der Waals surface area contributed by atoms with Gasteiger partial charge in [-0.3, -0.25) is 14.0 Å². The van der Waals surface area contributed by atoms with Crippen LogP contribution in [0, 0.1) is 12.8 Å². The Hall–Kier alpha value is -4.58. The van der Waals surface area contributed by atoms with Crippen LogP contribution in [0.25, 0.3) is 16.9 Å². The zero-order valence-electron chi connectivity index (χ0n) is 29.9. The number of quaternary nitrogens is 1. The number of esters is 1. The number of carbonyl (C=O) groups excluding carboxylic acids is 2. The number of piperidine rings is 1. The number of hydrogen-bond donors (Lipinski definition) is 1. The molecule has 268 valence electrons. The lowest BCUT2D eigenvalue weighted by atomic mass is 9.91. The van der Waals surface area contributed by atoms with Crippen LogP contribution in [-0.4, -0.2) is 88.1 Å². The Kier molecular flexibility index (Phi) is 11.4. The molecule has 1 amide bonds. The van der Waals surface area contributed by atoms with Crippen molar-refractivity contribution in [3.8, 4) is 17.0 Å². The van der Waals surface area contributed by atoms with E-state index in [1.165, 1.54) is 12.1 Å². The number of aryl methyl sites for hydroxylation is 1. The number of benzene rings is 2. The molecular formula is C38H49F2N6O4+. The summed E-state index contributed by atoms with van der Waals surface area (Å²) in [6, 6.07) is 12.0. The first kappa shape index (κ1) is 36.7. The molecule has 1 saturated heterocycles. The van der Waals surface area contributed by atoms with Gasteiger partial charge in [-0.05, 0) is 101 Å². The van der Waals surface area contributed by atoms with E-state index >= 15 is 0 Å². The van der Waals surface area contributed by atoms with Crippen molar-refractivity contribution in [2.45, 2.75) is 72.0 Å². The first-order valence-electron chi connectivity index (χ1n) is 17.3. The number of alkyl halides is 2. The number of hydrogen-bond acceptors (Lipinski definition) is 7. The van der Waals surface area contributed by atoms with Crippen LogP contribution in [0.3, 0.4) is 0 Å². The summed E-state index contributed by atoms with van der Waals surface area (Å²) in [5, 5.41) is 3.33. The fourth-order valence-corrected chi connectivity index (χ4v) is 6.58. The number of halogens is 2. The predicted molar refractivity (Wildman–Crippen MR) is 190 cm³/mol. The average Bonchev–Trinajstić information content (AvgIpc) is 3.49. The number of nitrogens with zero attached hydrogens (tertiary/aromatic N) is 5. The summed E-state index contributed by atoms with van der Waals surface area (Å²) in [6.45, 7) is 8.57. The number of anilines is 2. The number of fused-ring (bicyclic) bond motifs is 1. The van der Waals surface area contributed by atoms with Crippen molar-refractivity contribution in [1.82, 2.24) is 19.3 Å². The maximum Gasteiger partial charge on any atom is 0.387 e. The molecule has 50 heavy (non-hydrogen) atoms. The number of aromatic nitrogens is 3. The monoisotopic (exact) mass is 691 g/mol. The fourth-order valence-electron chi connectivity index (χ4n) is 6.58.